The van der Waals surface area contributed by atoms with E-state index >= 15 is 0 Å². The molecule has 0 fully saturated rings. The molecule has 4 aromatic rings. The van der Waals surface area contributed by atoms with Crippen molar-refractivity contribution >= 4 is 17.5 Å². The van der Waals surface area contributed by atoms with Crippen LogP contribution in [0.2, 0.25) is 0 Å². The van der Waals surface area contributed by atoms with Crippen molar-refractivity contribution in [1.29, 1.82) is 0 Å². The molecule has 0 aliphatic carbocycles. The van der Waals surface area contributed by atoms with E-state index in [1.165, 1.54) is 15.8 Å². The molecule has 1 aromatic carbocycles. The molecule has 0 saturated carbocycles. The predicted molar refractivity (Wildman–Crippen MR) is 109 cm³/mol. The fraction of sp³-hybridized carbons (Fsp3) is 0.190. The number of aromatic hydroxyl groups is 1. The highest BCUT2D eigenvalue weighted by Gasteiger charge is 2.23. The number of phenolic OH excluding ortho intramolecular Hbond substituents is 1. The van der Waals surface area contributed by atoms with E-state index < -0.39 is 0 Å². The summed E-state index contributed by atoms with van der Waals surface area (Å²) in [7, 11) is 4.88. The number of phenols is 1. The number of benzene rings is 1. The minimum absolute atomic E-state index is 0.0120. The van der Waals surface area contributed by atoms with Crippen molar-refractivity contribution in [2.75, 3.05) is 14.1 Å². The van der Waals surface area contributed by atoms with E-state index in [-0.39, 0.29) is 35.1 Å². The lowest BCUT2D eigenvalue weighted by Crippen LogP contribution is -2.24. The zero-order valence-electron chi connectivity index (χ0n) is 16.8. The van der Waals surface area contributed by atoms with Gasteiger partial charge >= 0.3 is 0 Å². The molecule has 1 N–H and O–H groups in total. The van der Waals surface area contributed by atoms with Crippen LogP contribution in [0.3, 0.4) is 0 Å². The minimum atomic E-state index is -0.279. The average Bonchev–Trinajstić information content (AvgIpc) is 3.30. The van der Waals surface area contributed by atoms with Gasteiger partial charge < -0.3 is 10.0 Å². The second kappa shape index (κ2) is 7.43. The number of aryl methyl sites for hydroxylation is 1. The number of carbonyl (C=O) groups excluding carboxylic acids is 2. The zero-order chi connectivity index (χ0) is 21.4. The highest BCUT2D eigenvalue weighted by atomic mass is 16.3. The van der Waals surface area contributed by atoms with Gasteiger partial charge in [-0.05, 0) is 18.2 Å². The number of imidazole rings is 1. The number of Topliss-reactive ketones (excluding diaryl/α,β-unsaturated/α-hetero) is 1. The number of aromatic nitrogens is 5. The molecule has 9 heteroatoms. The highest BCUT2D eigenvalue weighted by Crippen LogP contribution is 2.22. The zero-order valence-corrected chi connectivity index (χ0v) is 16.8. The van der Waals surface area contributed by atoms with Gasteiger partial charge in [-0.25, -0.2) is 9.97 Å². The molecule has 9 nitrogen and oxygen atoms in total. The topological polar surface area (TPSA) is 106 Å². The van der Waals surface area contributed by atoms with Gasteiger partial charge in [0.25, 0.3) is 5.91 Å². The van der Waals surface area contributed by atoms with E-state index in [0.29, 0.717) is 17.2 Å². The second-order valence-corrected chi connectivity index (χ2v) is 7.13. The van der Waals surface area contributed by atoms with Crippen LogP contribution < -0.4 is 0 Å². The highest BCUT2D eigenvalue weighted by molar-refractivity contribution is 6.07. The first-order valence-electron chi connectivity index (χ1n) is 9.24. The van der Waals surface area contributed by atoms with Gasteiger partial charge in [-0.2, -0.15) is 5.10 Å². The van der Waals surface area contributed by atoms with Gasteiger partial charge in [-0.3, -0.25) is 18.7 Å². The maximum atomic E-state index is 12.9. The number of nitrogens with zero attached hydrogens (tertiary/aromatic N) is 6. The van der Waals surface area contributed by atoms with Gasteiger partial charge in [0.1, 0.15) is 11.4 Å². The molecule has 3 aromatic heterocycles. The third-order valence-corrected chi connectivity index (χ3v) is 4.71. The van der Waals surface area contributed by atoms with E-state index in [2.05, 4.69) is 15.1 Å². The molecule has 0 spiro atoms. The third-order valence-electron chi connectivity index (χ3n) is 4.71. The molecule has 0 aliphatic heterocycles. The summed E-state index contributed by atoms with van der Waals surface area (Å²) in [6, 6.07) is 8.54. The monoisotopic (exact) mass is 404 g/mol. The molecule has 0 unspecified atom stereocenters. The maximum absolute atomic E-state index is 12.9. The van der Waals surface area contributed by atoms with E-state index in [9.17, 15) is 14.7 Å². The van der Waals surface area contributed by atoms with Gasteiger partial charge in [-0.15, -0.1) is 0 Å². The summed E-state index contributed by atoms with van der Waals surface area (Å²) in [6.45, 7) is 0. The first-order chi connectivity index (χ1) is 14.3. The van der Waals surface area contributed by atoms with E-state index in [0.717, 1.165) is 5.56 Å². The number of rotatable bonds is 5. The van der Waals surface area contributed by atoms with Crippen molar-refractivity contribution in [3.05, 3.63) is 65.9 Å². The molecular weight excluding hydrogens is 384 g/mol. The summed E-state index contributed by atoms with van der Waals surface area (Å²) < 4.78 is 3.16. The Morgan fingerprint density at radius 1 is 1.17 bits per heavy atom. The van der Waals surface area contributed by atoms with Crippen molar-refractivity contribution in [3.8, 4) is 17.0 Å². The number of hydrogen-bond acceptors (Lipinski definition) is 6. The first-order valence-corrected chi connectivity index (χ1v) is 9.24. The lowest BCUT2D eigenvalue weighted by molar-refractivity contribution is 0.0819. The van der Waals surface area contributed by atoms with Crippen molar-refractivity contribution < 1.29 is 14.7 Å². The van der Waals surface area contributed by atoms with Crippen molar-refractivity contribution in [2.24, 2.45) is 7.05 Å². The van der Waals surface area contributed by atoms with Crippen LogP contribution in [0.25, 0.3) is 17.0 Å². The summed E-state index contributed by atoms with van der Waals surface area (Å²) in [5.41, 5.74) is 2.47. The van der Waals surface area contributed by atoms with Crippen LogP contribution in [0.4, 0.5) is 0 Å². The molecule has 4 rings (SSSR count). The van der Waals surface area contributed by atoms with Crippen LogP contribution >= 0.6 is 0 Å². The van der Waals surface area contributed by atoms with Crippen LogP contribution in [0.1, 0.15) is 26.5 Å². The molecule has 30 heavy (non-hydrogen) atoms. The van der Waals surface area contributed by atoms with E-state index in [1.807, 2.05) is 6.07 Å². The Kier molecular flexibility index (Phi) is 4.78. The number of amides is 1. The summed E-state index contributed by atoms with van der Waals surface area (Å²) in [6.07, 6.45) is 5.00. The SMILES string of the molecule is CN(C)C(=O)c1cnn(C)c1C(=O)Cc1ccn2cc(-c3cccc(O)c3)nc2n1. The Hall–Kier alpha value is -4.01. The van der Waals surface area contributed by atoms with Crippen LogP contribution in [0.5, 0.6) is 5.75 Å². The van der Waals surface area contributed by atoms with Crippen LogP contribution in [-0.2, 0) is 13.5 Å². The smallest absolute Gasteiger partial charge is 0.257 e. The molecule has 0 aliphatic rings. The molecule has 0 radical (unpaired) electrons. The standard InChI is InChI=1S/C21H20N6O3/c1-25(2)20(30)16-11-22-26(3)19(16)18(29)10-14-7-8-27-12-17(24-21(27)23-14)13-5-4-6-15(28)9-13/h4-9,11-12,28H,10H2,1-3H3. The van der Waals surface area contributed by atoms with E-state index in [4.69, 9.17) is 0 Å². The van der Waals surface area contributed by atoms with Gasteiger partial charge in [0, 0.05) is 39.1 Å². The Balaban J connectivity index is 1.63. The molecule has 0 atom stereocenters. The normalized spacial score (nSPS) is 11.0. The van der Waals surface area contributed by atoms with Crippen LogP contribution in [-0.4, -0.2) is 59.9 Å². The summed E-state index contributed by atoms with van der Waals surface area (Å²) >= 11 is 0. The van der Waals surface area contributed by atoms with Gasteiger partial charge in [0.15, 0.2) is 5.78 Å². The van der Waals surface area contributed by atoms with Gasteiger partial charge in [-0.1, -0.05) is 12.1 Å². The molecule has 1 amide bonds. The summed E-state index contributed by atoms with van der Waals surface area (Å²) in [5, 5.41) is 13.7. The molecule has 0 bridgehead atoms. The lowest BCUT2D eigenvalue weighted by Gasteiger charge is -2.10. The third kappa shape index (κ3) is 3.52. The molecule has 0 saturated heterocycles. The van der Waals surface area contributed by atoms with E-state index in [1.54, 1.807) is 62.2 Å². The minimum Gasteiger partial charge on any atom is -0.508 e. The molecule has 152 valence electrons. The molecule has 3 heterocycles. The van der Waals surface area contributed by atoms with Crippen molar-refractivity contribution in [1.82, 2.24) is 29.0 Å². The number of fused-ring (bicyclic) bond motifs is 1. The summed E-state index contributed by atoms with van der Waals surface area (Å²) in [4.78, 5) is 35.6. The quantitative estimate of drug-likeness (QED) is 0.510. The number of ketones is 1. The second-order valence-electron chi connectivity index (χ2n) is 7.13. The average molecular weight is 404 g/mol. The Morgan fingerprint density at radius 3 is 2.70 bits per heavy atom. The maximum Gasteiger partial charge on any atom is 0.257 e. The van der Waals surface area contributed by atoms with Crippen molar-refractivity contribution in [3.63, 3.8) is 0 Å². The predicted octanol–water partition coefficient (Wildman–Crippen LogP) is 1.96. The van der Waals surface area contributed by atoms with Crippen molar-refractivity contribution in [2.45, 2.75) is 6.42 Å². The number of carbonyl (C=O) groups is 2. The Bertz CT molecular complexity index is 1270. The first kappa shape index (κ1) is 19.3. The van der Waals surface area contributed by atoms with Crippen LogP contribution in [0.15, 0.2) is 48.9 Å². The van der Waals surface area contributed by atoms with Gasteiger partial charge in [0.2, 0.25) is 5.78 Å². The fourth-order valence-corrected chi connectivity index (χ4v) is 3.22. The number of hydrogen-bond donors (Lipinski definition) is 1. The van der Waals surface area contributed by atoms with Gasteiger partial charge in [0.05, 0.1) is 29.6 Å². The fourth-order valence-electron chi connectivity index (χ4n) is 3.22. The Labute approximate surface area is 172 Å². The molecular formula is C21H20N6O3. The summed E-state index contributed by atoms with van der Waals surface area (Å²) in [5.74, 6) is 0.0620. The van der Waals surface area contributed by atoms with Crippen LogP contribution in [0, 0.1) is 0 Å². The lowest BCUT2D eigenvalue weighted by atomic mass is 10.1. The Morgan fingerprint density at radius 2 is 1.97 bits per heavy atom. The largest absolute Gasteiger partial charge is 0.508 e.